The molecule has 2 heterocycles. The second-order valence-electron chi connectivity index (χ2n) is 5.64. The molecule has 3 rings (SSSR count). The number of nitrogens with one attached hydrogen (secondary N) is 1. The lowest BCUT2D eigenvalue weighted by atomic mass is 10.3. The molecule has 0 saturated carbocycles. The summed E-state index contributed by atoms with van der Waals surface area (Å²) in [4.78, 5) is 16.3. The Labute approximate surface area is 181 Å². The molecule has 0 unspecified atom stereocenters. The molecule has 1 aromatic carbocycles. The molecule has 0 saturated heterocycles. The lowest BCUT2D eigenvalue weighted by molar-refractivity contribution is -0.274. The van der Waals surface area contributed by atoms with Gasteiger partial charge in [0.05, 0.1) is 27.2 Å². The van der Waals surface area contributed by atoms with Crippen LogP contribution in [0.25, 0.3) is 5.69 Å². The van der Waals surface area contributed by atoms with E-state index < -0.39 is 12.3 Å². The Morgan fingerprint density at radius 1 is 1.23 bits per heavy atom. The van der Waals surface area contributed by atoms with Crippen molar-refractivity contribution in [1.29, 1.82) is 0 Å². The lowest BCUT2D eigenvalue weighted by Gasteiger charge is -2.10. The number of alkyl halides is 3. The molecule has 14 heteroatoms. The minimum Gasteiger partial charge on any atom is -0.406 e. The van der Waals surface area contributed by atoms with Crippen molar-refractivity contribution in [3.8, 4) is 11.4 Å². The van der Waals surface area contributed by atoms with Gasteiger partial charge in [-0.3, -0.25) is 4.79 Å². The number of nitrogens with zero attached hydrogens (tertiary/aromatic N) is 5. The van der Waals surface area contributed by atoms with Crippen molar-refractivity contribution in [3.05, 3.63) is 46.1 Å². The molecule has 0 spiro atoms. The van der Waals surface area contributed by atoms with Gasteiger partial charge in [-0.05, 0) is 47.7 Å². The number of tetrazole rings is 1. The van der Waals surface area contributed by atoms with Crippen LogP contribution in [0.4, 0.5) is 19.0 Å². The van der Waals surface area contributed by atoms with Crippen LogP contribution in [0.1, 0.15) is 5.69 Å². The van der Waals surface area contributed by atoms with E-state index in [4.69, 9.17) is 23.2 Å². The van der Waals surface area contributed by atoms with Gasteiger partial charge in [-0.2, -0.15) is 4.68 Å². The minimum absolute atomic E-state index is 0.0741. The largest absolute Gasteiger partial charge is 0.573 e. The van der Waals surface area contributed by atoms with Crippen LogP contribution < -0.4 is 10.1 Å². The summed E-state index contributed by atoms with van der Waals surface area (Å²) in [5.74, 6) is -0.700. The summed E-state index contributed by atoms with van der Waals surface area (Å²) >= 11 is 12.9. The Balaban J connectivity index is 1.65. The maximum Gasteiger partial charge on any atom is 0.573 e. The Hall–Kier alpha value is -2.57. The minimum atomic E-state index is -4.79. The number of benzene rings is 1. The second kappa shape index (κ2) is 9.06. The number of hydrogen-bond donors (Lipinski definition) is 1. The van der Waals surface area contributed by atoms with Crippen molar-refractivity contribution in [1.82, 2.24) is 25.2 Å². The first-order valence-corrected chi connectivity index (χ1v) is 9.76. The normalized spacial score (nSPS) is 11.4. The highest BCUT2D eigenvalue weighted by Crippen LogP contribution is 2.27. The highest BCUT2D eigenvalue weighted by molar-refractivity contribution is 7.99. The van der Waals surface area contributed by atoms with Crippen LogP contribution in [0.15, 0.2) is 35.5 Å². The number of thioether (sulfide) groups is 1. The van der Waals surface area contributed by atoms with E-state index in [2.05, 4.69) is 30.6 Å². The number of pyridine rings is 1. The van der Waals surface area contributed by atoms with Crippen LogP contribution in [-0.4, -0.2) is 43.2 Å². The summed E-state index contributed by atoms with van der Waals surface area (Å²) in [6.45, 7) is 1.67. The lowest BCUT2D eigenvalue weighted by Crippen LogP contribution is -2.17. The molecule has 0 fully saturated rings. The molecule has 8 nitrogen and oxygen atoms in total. The van der Waals surface area contributed by atoms with Crippen LogP contribution in [0, 0.1) is 6.92 Å². The number of aryl methyl sites for hydroxylation is 1. The van der Waals surface area contributed by atoms with Gasteiger partial charge in [-0.15, -0.1) is 18.3 Å². The van der Waals surface area contributed by atoms with E-state index >= 15 is 0 Å². The van der Waals surface area contributed by atoms with Gasteiger partial charge in [-0.1, -0.05) is 35.0 Å². The molecule has 1 amide bonds. The van der Waals surface area contributed by atoms with Gasteiger partial charge in [-0.25, -0.2) is 4.98 Å². The monoisotopic (exact) mass is 478 g/mol. The predicted octanol–water partition coefficient (Wildman–Crippen LogP) is 4.30. The molecule has 0 aliphatic carbocycles. The summed E-state index contributed by atoms with van der Waals surface area (Å²) in [5.41, 5.74) is 0.890. The molecule has 1 N–H and O–H groups in total. The number of halogens is 5. The number of carbonyl (C=O) groups is 1. The number of ether oxygens (including phenoxy) is 1. The number of hydrogen-bond acceptors (Lipinski definition) is 7. The topological polar surface area (TPSA) is 94.8 Å². The van der Waals surface area contributed by atoms with Gasteiger partial charge in [0.1, 0.15) is 5.75 Å². The van der Waals surface area contributed by atoms with Crippen molar-refractivity contribution in [2.45, 2.75) is 18.4 Å². The Kier molecular flexibility index (Phi) is 6.68. The number of anilines is 1. The molecule has 3 aromatic rings. The number of aromatic nitrogens is 5. The highest BCUT2D eigenvalue weighted by Gasteiger charge is 2.31. The van der Waals surface area contributed by atoms with Crippen LogP contribution >= 0.6 is 35.0 Å². The van der Waals surface area contributed by atoms with E-state index in [1.165, 1.54) is 22.9 Å². The molecule has 30 heavy (non-hydrogen) atoms. The van der Waals surface area contributed by atoms with Crippen molar-refractivity contribution < 1.29 is 22.7 Å². The fourth-order valence-electron chi connectivity index (χ4n) is 2.16. The summed E-state index contributed by atoms with van der Waals surface area (Å²) in [5, 5.41) is 14.5. The SMILES string of the molecule is Cc1nc(NC(=O)CSc2nnnn2-c2ccc(OC(F)(F)F)cc2)c(Cl)cc1Cl. The molecular weight excluding hydrogens is 468 g/mol. The molecule has 158 valence electrons. The predicted molar refractivity (Wildman–Crippen MR) is 104 cm³/mol. The van der Waals surface area contributed by atoms with E-state index in [1.807, 2.05) is 0 Å². The summed E-state index contributed by atoms with van der Waals surface area (Å²) < 4.78 is 41.9. The number of rotatable bonds is 6. The average molecular weight is 479 g/mol. The van der Waals surface area contributed by atoms with Gasteiger partial charge in [0.25, 0.3) is 0 Å². The van der Waals surface area contributed by atoms with E-state index in [9.17, 15) is 18.0 Å². The van der Waals surface area contributed by atoms with Gasteiger partial charge >= 0.3 is 6.36 Å². The van der Waals surface area contributed by atoms with Crippen molar-refractivity contribution >= 4 is 46.7 Å². The number of amides is 1. The van der Waals surface area contributed by atoms with E-state index in [1.54, 1.807) is 6.92 Å². The quantitative estimate of drug-likeness (QED) is 0.527. The van der Waals surface area contributed by atoms with Crippen molar-refractivity contribution in [2.24, 2.45) is 0 Å². The molecule has 2 aromatic heterocycles. The third kappa shape index (κ3) is 5.74. The maximum absolute atomic E-state index is 12.3. The van der Waals surface area contributed by atoms with E-state index in [0.29, 0.717) is 16.4 Å². The Bertz CT molecular complexity index is 1060. The zero-order valence-electron chi connectivity index (χ0n) is 14.9. The third-order valence-electron chi connectivity index (χ3n) is 3.45. The molecule has 0 bridgehead atoms. The molecule has 0 aliphatic heterocycles. The van der Waals surface area contributed by atoms with Crippen molar-refractivity contribution in [3.63, 3.8) is 0 Å². The van der Waals surface area contributed by atoms with E-state index in [-0.39, 0.29) is 27.5 Å². The molecule has 0 aliphatic rings. The molecule has 0 radical (unpaired) electrons. The fourth-order valence-corrected chi connectivity index (χ4v) is 3.26. The van der Waals surface area contributed by atoms with Crippen molar-refractivity contribution in [2.75, 3.05) is 11.1 Å². The standard InChI is InChI=1S/C16H11Cl2F3N6O2S/c1-8-11(17)6-12(18)14(22-8)23-13(28)7-30-15-24-25-26-27(15)9-2-4-10(5-3-9)29-16(19,20)21/h2-6H,7H2,1H3,(H,22,23,28). The van der Waals surface area contributed by atoms with Crippen LogP contribution in [-0.2, 0) is 4.79 Å². The third-order valence-corrected chi connectivity index (χ3v) is 5.04. The van der Waals surface area contributed by atoms with Crippen LogP contribution in [0.3, 0.4) is 0 Å². The molecular formula is C16H11Cl2F3N6O2S. The zero-order chi connectivity index (χ0) is 21.9. The zero-order valence-corrected chi connectivity index (χ0v) is 17.3. The number of carbonyl (C=O) groups excluding carboxylic acids is 1. The average Bonchev–Trinajstić information content (AvgIpc) is 3.12. The van der Waals surface area contributed by atoms with Gasteiger partial charge in [0.2, 0.25) is 11.1 Å². The maximum atomic E-state index is 12.3. The second-order valence-corrected chi connectivity index (χ2v) is 7.39. The van der Waals surface area contributed by atoms with Crippen LogP contribution in [0.5, 0.6) is 5.75 Å². The van der Waals surface area contributed by atoms with Gasteiger partial charge in [0, 0.05) is 0 Å². The first-order valence-electron chi connectivity index (χ1n) is 8.02. The first kappa shape index (κ1) is 22.1. The summed E-state index contributed by atoms with van der Waals surface area (Å²) in [6.07, 6.45) is -4.79. The molecule has 0 atom stereocenters. The highest BCUT2D eigenvalue weighted by atomic mass is 35.5. The van der Waals surface area contributed by atoms with Crippen LogP contribution in [0.2, 0.25) is 10.0 Å². The van der Waals surface area contributed by atoms with Gasteiger partial charge < -0.3 is 10.1 Å². The fraction of sp³-hybridized carbons (Fsp3) is 0.188. The smallest absolute Gasteiger partial charge is 0.406 e. The first-order chi connectivity index (χ1) is 14.1. The summed E-state index contributed by atoms with van der Waals surface area (Å²) in [6, 6.07) is 6.43. The van der Waals surface area contributed by atoms with Gasteiger partial charge in [0.15, 0.2) is 5.82 Å². The Morgan fingerprint density at radius 3 is 2.60 bits per heavy atom. The van der Waals surface area contributed by atoms with E-state index in [0.717, 1.165) is 23.9 Å². The Morgan fingerprint density at radius 2 is 1.93 bits per heavy atom. The summed E-state index contributed by atoms with van der Waals surface area (Å²) in [7, 11) is 0.